The van der Waals surface area contributed by atoms with Crippen LogP contribution in [0.3, 0.4) is 0 Å². The number of fused-ring (bicyclic) bond motifs is 3. The third-order valence-electron chi connectivity index (χ3n) is 7.05. The van der Waals surface area contributed by atoms with Crippen LogP contribution in [-0.2, 0) is 14.4 Å². The lowest BCUT2D eigenvalue weighted by Crippen LogP contribution is -3.13. The molecule has 0 saturated heterocycles. The molecule has 3 aliphatic carbocycles. The first-order valence-electron chi connectivity index (χ1n) is 10.1. The predicted octanol–water partition coefficient (Wildman–Crippen LogP) is -4.32. The summed E-state index contributed by atoms with van der Waals surface area (Å²) < 4.78 is 0. The number of quaternary nitrogens is 1. The van der Waals surface area contributed by atoms with Crippen LogP contribution in [0.5, 0.6) is 5.75 Å². The molecule has 170 valence electrons. The van der Waals surface area contributed by atoms with E-state index in [2.05, 4.69) is 0 Å². The van der Waals surface area contributed by atoms with Crippen LogP contribution in [0.25, 0.3) is 5.76 Å². The Balaban J connectivity index is 2.07. The molecular weight excluding hydrogens is 420 g/mol. The average molecular weight is 443 g/mol. The highest BCUT2D eigenvalue weighted by Crippen LogP contribution is 2.54. The SMILES string of the molecule is C[C@H]1c2cccc(O)c2C([O-])=C2C(=O)[C@]3(O)C([O-])=C(C(N)=O)C(=O)[C@@H]([NH+](C)C)[C@@H]3[C@@H](O)[C@@H]21. The Morgan fingerprint density at radius 3 is 2.41 bits per heavy atom. The largest absolute Gasteiger partial charge is 0.873 e. The molecule has 0 aliphatic heterocycles. The number of phenols is 1. The molecule has 0 radical (unpaired) electrons. The molecule has 6 N–H and O–H groups in total. The number of aliphatic hydroxyl groups excluding tert-OH is 1. The lowest BCUT2D eigenvalue weighted by Gasteiger charge is -2.56. The van der Waals surface area contributed by atoms with Gasteiger partial charge in [0.15, 0.2) is 17.4 Å². The minimum absolute atomic E-state index is 0.151. The molecule has 0 unspecified atom stereocenters. The summed E-state index contributed by atoms with van der Waals surface area (Å²) in [5.41, 5.74) is 0.845. The molecular formula is C22H23N2O8-. The molecule has 0 bridgehead atoms. The molecule has 6 atom stereocenters. The smallest absolute Gasteiger partial charge is 0.251 e. The van der Waals surface area contributed by atoms with Crippen LogP contribution in [0.1, 0.15) is 24.0 Å². The molecule has 10 nitrogen and oxygen atoms in total. The van der Waals surface area contributed by atoms with Gasteiger partial charge in [-0.1, -0.05) is 30.6 Å². The van der Waals surface area contributed by atoms with Crippen molar-refractivity contribution in [1.29, 1.82) is 0 Å². The van der Waals surface area contributed by atoms with Crippen LogP contribution >= 0.6 is 0 Å². The van der Waals surface area contributed by atoms with Crippen LogP contribution in [-0.4, -0.2) is 64.6 Å². The summed E-state index contributed by atoms with van der Waals surface area (Å²) >= 11 is 0. The second-order valence-corrected chi connectivity index (χ2v) is 8.90. The van der Waals surface area contributed by atoms with Gasteiger partial charge in [-0.25, -0.2) is 0 Å². The highest BCUT2D eigenvalue weighted by molar-refractivity contribution is 6.24. The van der Waals surface area contributed by atoms with Crippen molar-refractivity contribution < 1.29 is 44.8 Å². The van der Waals surface area contributed by atoms with E-state index in [4.69, 9.17) is 5.73 Å². The predicted molar refractivity (Wildman–Crippen MR) is 104 cm³/mol. The Bertz CT molecular complexity index is 1140. The highest BCUT2D eigenvalue weighted by atomic mass is 16.4. The van der Waals surface area contributed by atoms with E-state index < -0.39 is 75.6 Å². The average Bonchev–Trinajstić information content (AvgIpc) is 2.70. The fourth-order valence-corrected chi connectivity index (χ4v) is 5.63. The van der Waals surface area contributed by atoms with Gasteiger partial charge in [0, 0.05) is 11.5 Å². The van der Waals surface area contributed by atoms with Crippen molar-refractivity contribution in [3.05, 3.63) is 46.2 Å². The van der Waals surface area contributed by atoms with Crippen molar-refractivity contribution in [1.82, 2.24) is 0 Å². The minimum atomic E-state index is -3.03. The van der Waals surface area contributed by atoms with Crippen LogP contribution in [0.4, 0.5) is 0 Å². The van der Waals surface area contributed by atoms with E-state index in [-0.39, 0.29) is 11.3 Å². The standard InChI is InChI=1S/C22H24N2O8/c1-7-8-5-4-6-9(25)11(8)16(26)12-10(7)17(27)14-15(24(2)3)18(28)13(21(23)31)20(30)22(14,32)19(12)29/h4-7,10,14-15,17,25-27,30,32H,1-3H3,(H2,23,31)/p-1/t7-,10+,14+,15-,17-,22-/m0/s1. The van der Waals surface area contributed by atoms with Crippen molar-refractivity contribution in [3.63, 3.8) is 0 Å². The first-order valence-corrected chi connectivity index (χ1v) is 10.1. The first-order chi connectivity index (χ1) is 14.9. The molecule has 1 aromatic rings. The van der Waals surface area contributed by atoms with E-state index in [1.807, 2.05) is 0 Å². The number of hydrogen-bond donors (Lipinski definition) is 5. The van der Waals surface area contributed by atoms with E-state index in [0.29, 0.717) is 10.5 Å². The maximum absolute atomic E-state index is 13.6. The Labute approximate surface area is 182 Å². The van der Waals surface area contributed by atoms with Gasteiger partial charge in [-0.05, 0) is 23.1 Å². The number of benzene rings is 1. The zero-order valence-electron chi connectivity index (χ0n) is 17.6. The molecule has 1 fully saturated rings. The van der Waals surface area contributed by atoms with Gasteiger partial charge in [0.1, 0.15) is 5.75 Å². The number of aliphatic hydroxyl groups is 2. The van der Waals surface area contributed by atoms with Crippen molar-refractivity contribution in [3.8, 4) is 5.75 Å². The number of hydrogen-bond acceptors (Lipinski definition) is 8. The monoisotopic (exact) mass is 443 g/mol. The maximum atomic E-state index is 13.6. The number of primary amides is 1. The molecule has 3 aliphatic rings. The lowest BCUT2D eigenvalue weighted by molar-refractivity contribution is -0.881. The van der Waals surface area contributed by atoms with Gasteiger partial charge in [0.05, 0.1) is 31.7 Å². The quantitative estimate of drug-likeness (QED) is 0.284. The van der Waals surface area contributed by atoms with E-state index in [9.17, 15) is 39.9 Å². The molecule has 1 aromatic carbocycles. The van der Waals surface area contributed by atoms with Gasteiger partial charge < -0.3 is 36.2 Å². The van der Waals surface area contributed by atoms with E-state index in [1.54, 1.807) is 13.0 Å². The topological polar surface area (TPSA) is 188 Å². The second-order valence-electron chi connectivity index (χ2n) is 8.90. The van der Waals surface area contributed by atoms with Crippen LogP contribution in [0.2, 0.25) is 0 Å². The molecule has 1 saturated carbocycles. The van der Waals surface area contributed by atoms with Crippen molar-refractivity contribution in [2.75, 3.05) is 14.1 Å². The molecule has 0 aromatic heterocycles. The number of Topliss-reactive ketones (excluding diaryl/α,β-unsaturated/α-hetero) is 2. The van der Waals surface area contributed by atoms with Crippen molar-refractivity contribution in [2.24, 2.45) is 17.6 Å². The number of nitrogens with one attached hydrogen (secondary N) is 1. The maximum Gasteiger partial charge on any atom is 0.251 e. The van der Waals surface area contributed by atoms with Crippen molar-refractivity contribution >= 4 is 23.2 Å². The van der Waals surface area contributed by atoms with Gasteiger partial charge in [-0.3, -0.25) is 14.4 Å². The fourth-order valence-electron chi connectivity index (χ4n) is 5.63. The number of likely N-dealkylation sites (N-methyl/N-ethyl adjacent to an activating group) is 1. The molecule has 32 heavy (non-hydrogen) atoms. The van der Waals surface area contributed by atoms with E-state index >= 15 is 0 Å². The number of ketones is 2. The summed E-state index contributed by atoms with van der Waals surface area (Å²) in [6, 6.07) is 3.02. The normalized spacial score (nSPS) is 34.4. The fraction of sp³-hybridized carbons (Fsp3) is 0.409. The van der Waals surface area contributed by atoms with Crippen molar-refractivity contribution in [2.45, 2.75) is 30.6 Å². The Kier molecular flexibility index (Phi) is 4.74. The lowest BCUT2D eigenvalue weighted by atomic mass is 9.54. The van der Waals surface area contributed by atoms with Crippen LogP contribution < -0.4 is 20.8 Å². The molecule has 1 amide bonds. The van der Waals surface area contributed by atoms with Gasteiger partial charge in [0.2, 0.25) is 5.78 Å². The summed E-state index contributed by atoms with van der Waals surface area (Å²) in [5, 5.41) is 59.4. The third kappa shape index (κ3) is 2.48. The number of amides is 1. The Hall–Kier alpha value is -3.21. The summed E-state index contributed by atoms with van der Waals surface area (Å²) in [6.45, 7) is 1.64. The number of carbonyl (C=O) groups excluding carboxylic acids is 3. The number of phenolic OH excluding ortho intramolecular Hbond substituents is 1. The molecule has 10 heteroatoms. The highest BCUT2D eigenvalue weighted by Gasteiger charge is 2.66. The summed E-state index contributed by atoms with van der Waals surface area (Å²) in [7, 11) is 3.02. The summed E-state index contributed by atoms with van der Waals surface area (Å²) in [6.07, 6.45) is -1.65. The Morgan fingerprint density at radius 2 is 1.84 bits per heavy atom. The minimum Gasteiger partial charge on any atom is -0.873 e. The molecule has 0 spiro atoms. The summed E-state index contributed by atoms with van der Waals surface area (Å²) in [4.78, 5) is 38.8. The van der Waals surface area contributed by atoms with Gasteiger partial charge >= 0.3 is 0 Å². The third-order valence-corrected chi connectivity index (χ3v) is 7.05. The number of rotatable bonds is 2. The number of nitrogens with two attached hydrogens (primary N) is 1. The van der Waals surface area contributed by atoms with Crippen LogP contribution in [0, 0.1) is 11.8 Å². The zero-order valence-corrected chi connectivity index (χ0v) is 17.6. The summed E-state index contributed by atoms with van der Waals surface area (Å²) in [5.74, 6) is -9.87. The van der Waals surface area contributed by atoms with Crippen LogP contribution in [0.15, 0.2) is 35.1 Å². The van der Waals surface area contributed by atoms with Gasteiger partial charge in [-0.15, -0.1) is 0 Å². The Morgan fingerprint density at radius 1 is 1.22 bits per heavy atom. The first kappa shape index (κ1) is 22.0. The zero-order chi connectivity index (χ0) is 23.9. The second kappa shape index (κ2) is 6.89. The number of carbonyl (C=O) groups is 3. The van der Waals surface area contributed by atoms with Gasteiger partial charge in [-0.2, -0.15) is 0 Å². The molecule has 4 rings (SSSR count). The van der Waals surface area contributed by atoms with E-state index in [0.717, 1.165) is 0 Å². The molecule has 0 heterocycles. The van der Waals surface area contributed by atoms with E-state index in [1.165, 1.54) is 26.2 Å². The number of aromatic hydroxyl groups is 1. The van der Waals surface area contributed by atoms with Gasteiger partial charge in [0.25, 0.3) is 5.91 Å².